The Morgan fingerprint density at radius 2 is 2.27 bits per heavy atom. The molecule has 0 aromatic carbocycles. The fraction of sp³-hybridized carbons (Fsp3) is 0.667. The molecule has 0 amide bonds. The van der Waals surface area contributed by atoms with Crippen molar-refractivity contribution in [3.8, 4) is 0 Å². The first-order chi connectivity index (χ1) is 7.36. The van der Waals surface area contributed by atoms with Crippen molar-refractivity contribution in [1.82, 2.24) is 5.32 Å². The van der Waals surface area contributed by atoms with Crippen LogP contribution in [-0.4, -0.2) is 24.3 Å². The van der Waals surface area contributed by atoms with E-state index in [4.69, 9.17) is 0 Å². The standard InChI is InChI=1S/C12H19NOS/c14-12(10-5-7-13-8-6-10)4-3-11-2-1-9-15-11/h1-2,9-10,12-14H,3-8H2. The molecule has 1 aliphatic heterocycles. The summed E-state index contributed by atoms with van der Waals surface area (Å²) >= 11 is 1.79. The van der Waals surface area contributed by atoms with Gasteiger partial charge in [-0.25, -0.2) is 0 Å². The van der Waals surface area contributed by atoms with Crippen molar-refractivity contribution in [1.29, 1.82) is 0 Å². The first-order valence-electron chi connectivity index (χ1n) is 5.77. The van der Waals surface area contributed by atoms with Crippen LogP contribution in [-0.2, 0) is 6.42 Å². The van der Waals surface area contributed by atoms with Gasteiger partial charge in [0.05, 0.1) is 6.10 Å². The van der Waals surface area contributed by atoms with Crippen LogP contribution >= 0.6 is 11.3 Å². The zero-order valence-electron chi connectivity index (χ0n) is 8.98. The van der Waals surface area contributed by atoms with Gasteiger partial charge in [0, 0.05) is 4.88 Å². The summed E-state index contributed by atoms with van der Waals surface area (Å²) in [5.41, 5.74) is 0. The summed E-state index contributed by atoms with van der Waals surface area (Å²) in [4.78, 5) is 1.39. The number of aliphatic hydroxyl groups is 1. The van der Waals surface area contributed by atoms with E-state index in [1.54, 1.807) is 11.3 Å². The zero-order chi connectivity index (χ0) is 10.5. The Kier molecular flexibility index (Phi) is 4.18. The predicted octanol–water partition coefficient (Wildman–Crippen LogP) is 2.04. The molecule has 1 unspecified atom stereocenters. The van der Waals surface area contributed by atoms with Gasteiger partial charge < -0.3 is 10.4 Å². The zero-order valence-corrected chi connectivity index (χ0v) is 9.80. The summed E-state index contributed by atoms with van der Waals surface area (Å²) in [7, 11) is 0. The SMILES string of the molecule is OC(CCc1cccs1)C1CCNCC1. The quantitative estimate of drug-likeness (QED) is 0.822. The summed E-state index contributed by atoms with van der Waals surface area (Å²) in [5.74, 6) is 0.520. The Balaban J connectivity index is 1.74. The van der Waals surface area contributed by atoms with Crippen LogP contribution in [0.25, 0.3) is 0 Å². The van der Waals surface area contributed by atoms with Crippen molar-refractivity contribution in [2.75, 3.05) is 13.1 Å². The van der Waals surface area contributed by atoms with E-state index >= 15 is 0 Å². The molecule has 0 bridgehead atoms. The second-order valence-electron chi connectivity index (χ2n) is 4.27. The molecule has 0 radical (unpaired) electrons. The highest BCUT2D eigenvalue weighted by Crippen LogP contribution is 2.21. The predicted molar refractivity (Wildman–Crippen MR) is 64.2 cm³/mol. The number of piperidine rings is 1. The Bertz CT molecular complexity index is 267. The smallest absolute Gasteiger partial charge is 0.0572 e. The van der Waals surface area contributed by atoms with Gasteiger partial charge in [0.15, 0.2) is 0 Å². The number of nitrogens with one attached hydrogen (secondary N) is 1. The minimum atomic E-state index is -0.103. The molecule has 2 nitrogen and oxygen atoms in total. The maximum absolute atomic E-state index is 10.0. The van der Waals surface area contributed by atoms with Crippen molar-refractivity contribution in [2.24, 2.45) is 5.92 Å². The molecule has 2 heterocycles. The van der Waals surface area contributed by atoms with Gasteiger partial charge in [-0.2, -0.15) is 0 Å². The lowest BCUT2D eigenvalue weighted by Gasteiger charge is -2.27. The van der Waals surface area contributed by atoms with Crippen LogP contribution in [0.15, 0.2) is 17.5 Å². The Morgan fingerprint density at radius 1 is 1.47 bits per heavy atom. The van der Waals surface area contributed by atoms with Gasteiger partial charge in [-0.15, -0.1) is 11.3 Å². The molecule has 84 valence electrons. The summed E-state index contributed by atoms with van der Waals surface area (Å²) in [6.07, 6.45) is 4.11. The highest BCUT2D eigenvalue weighted by Gasteiger charge is 2.20. The lowest BCUT2D eigenvalue weighted by atomic mass is 9.90. The van der Waals surface area contributed by atoms with E-state index in [0.717, 1.165) is 38.8 Å². The van der Waals surface area contributed by atoms with Crippen molar-refractivity contribution < 1.29 is 5.11 Å². The molecule has 1 atom stereocenters. The average molecular weight is 225 g/mol. The highest BCUT2D eigenvalue weighted by atomic mass is 32.1. The molecule has 2 N–H and O–H groups in total. The van der Waals surface area contributed by atoms with E-state index in [0.29, 0.717) is 5.92 Å². The van der Waals surface area contributed by atoms with Crippen molar-refractivity contribution in [2.45, 2.75) is 31.8 Å². The number of hydrogen-bond acceptors (Lipinski definition) is 3. The molecule has 1 aromatic rings. The number of rotatable bonds is 4. The molecule has 0 saturated carbocycles. The summed E-state index contributed by atoms with van der Waals surface area (Å²) in [6, 6.07) is 4.23. The van der Waals surface area contributed by atoms with Gasteiger partial charge in [-0.1, -0.05) is 6.07 Å². The van der Waals surface area contributed by atoms with Crippen molar-refractivity contribution in [3.05, 3.63) is 22.4 Å². The molecule has 15 heavy (non-hydrogen) atoms. The molecule has 1 aliphatic rings. The topological polar surface area (TPSA) is 32.3 Å². The third-order valence-electron chi connectivity index (χ3n) is 3.19. The van der Waals surface area contributed by atoms with Crippen LogP contribution in [0.4, 0.5) is 0 Å². The maximum atomic E-state index is 10.0. The van der Waals surface area contributed by atoms with E-state index < -0.39 is 0 Å². The molecule has 1 saturated heterocycles. The van der Waals surface area contributed by atoms with Crippen LogP contribution in [0.5, 0.6) is 0 Å². The second kappa shape index (κ2) is 5.64. The van der Waals surface area contributed by atoms with Crippen LogP contribution in [0.2, 0.25) is 0 Å². The van der Waals surface area contributed by atoms with Crippen LogP contribution in [0.1, 0.15) is 24.1 Å². The highest BCUT2D eigenvalue weighted by molar-refractivity contribution is 7.09. The van der Waals surface area contributed by atoms with E-state index in [-0.39, 0.29) is 6.10 Å². The maximum Gasteiger partial charge on any atom is 0.0572 e. The molecule has 0 aliphatic carbocycles. The molecular formula is C12H19NOS. The van der Waals surface area contributed by atoms with E-state index in [1.165, 1.54) is 4.88 Å². The number of hydrogen-bond donors (Lipinski definition) is 2. The fourth-order valence-corrected chi connectivity index (χ4v) is 2.93. The minimum absolute atomic E-state index is 0.103. The van der Waals surface area contributed by atoms with E-state index in [9.17, 15) is 5.11 Å². The Morgan fingerprint density at radius 3 is 2.93 bits per heavy atom. The monoisotopic (exact) mass is 225 g/mol. The van der Waals surface area contributed by atoms with Crippen molar-refractivity contribution in [3.63, 3.8) is 0 Å². The minimum Gasteiger partial charge on any atom is -0.393 e. The van der Waals surface area contributed by atoms with Gasteiger partial charge >= 0.3 is 0 Å². The molecule has 0 spiro atoms. The third-order valence-corrected chi connectivity index (χ3v) is 4.13. The van der Waals surface area contributed by atoms with Gasteiger partial charge in [0.1, 0.15) is 0 Å². The average Bonchev–Trinajstić information content (AvgIpc) is 2.80. The molecule has 1 aromatic heterocycles. The van der Waals surface area contributed by atoms with Gasteiger partial charge in [0.25, 0.3) is 0 Å². The Hall–Kier alpha value is -0.380. The fourth-order valence-electron chi connectivity index (χ4n) is 2.21. The van der Waals surface area contributed by atoms with Gasteiger partial charge in [0.2, 0.25) is 0 Å². The van der Waals surface area contributed by atoms with Gasteiger partial charge in [-0.05, 0) is 56.1 Å². The van der Waals surface area contributed by atoms with Crippen LogP contribution in [0, 0.1) is 5.92 Å². The molecule has 2 rings (SSSR count). The summed E-state index contributed by atoms with van der Waals surface area (Å²) in [6.45, 7) is 2.14. The number of aryl methyl sites for hydroxylation is 1. The normalized spacial score (nSPS) is 20.3. The largest absolute Gasteiger partial charge is 0.393 e. The molecule has 3 heteroatoms. The molecular weight excluding hydrogens is 206 g/mol. The summed E-state index contributed by atoms with van der Waals surface area (Å²) in [5, 5.41) is 15.5. The number of aliphatic hydroxyl groups excluding tert-OH is 1. The first kappa shape index (κ1) is 11.1. The second-order valence-corrected chi connectivity index (χ2v) is 5.31. The Labute approximate surface area is 95.3 Å². The lowest BCUT2D eigenvalue weighted by Crippen LogP contribution is -2.34. The van der Waals surface area contributed by atoms with E-state index in [1.807, 2.05) is 0 Å². The van der Waals surface area contributed by atoms with E-state index in [2.05, 4.69) is 22.8 Å². The third kappa shape index (κ3) is 3.30. The first-order valence-corrected chi connectivity index (χ1v) is 6.65. The lowest BCUT2D eigenvalue weighted by molar-refractivity contribution is 0.0815. The van der Waals surface area contributed by atoms with Crippen LogP contribution < -0.4 is 5.32 Å². The number of thiophene rings is 1. The van der Waals surface area contributed by atoms with Crippen LogP contribution in [0.3, 0.4) is 0 Å². The molecule has 1 fully saturated rings. The summed E-state index contributed by atoms with van der Waals surface area (Å²) < 4.78 is 0. The van der Waals surface area contributed by atoms with Crippen molar-refractivity contribution >= 4 is 11.3 Å². The van der Waals surface area contributed by atoms with Gasteiger partial charge in [-0.3, -0.25) is 0 Å².